The van der Waals surface area contributed by atoms with Crippen LogP contribution in [0.5, 0.6) is 0 Å². The number of halogens is 3. The molecule has 0 aliphatic carbocycles. The fourth-order valence-corrected chi connectivity index (χ4v) is 3.24. The number of hydrogen-bond donors (Lipinski definition) is 0. The molecule has 0 aliphatic rings. The molecule has 0 aromatic rings. The summed E-state index contributed by atoms with van der Waals surface area (Å²) in [5.41, 5.74) is 0. The predicted molar refractivity (Wildman–Crippen MR) is 60.5 cm³/mol. The summed E-state index contributed by atoms with van der Waals surface area (Å²) in [6.07, 6.45) is 1.49. The van der Waals surface area contributed by atoms with Crippen LogP contribution in [0, 0.1) is 0 Å². The highest BCUT2D eigenvalue weighted by Gasteiger charge is 2.66. The van der Waals surface area contributed by atoms with Crippen molar-refractivity contribution in [3.8, 4) is 0 Å². The molecule has 0 aliphatic heterocycles. The quantitative estimate of drug-likeness (QED) is 0.604. The molecule has 0 spiro atoms. The van der Waals surface area contributed by atoms with E-state index in [1.807, 2.05) is 0 Å². The van der Waals surface area contributed by atoms with Gasteiger partial charge in [0.2, 0.25) is 0 Å². The Morgan fingerprint density at radius 1 is 0.765 bits per heavy atom. The van der Waals surface area contributed by atoms with Gasteiger partial charge in [-0.2, -0.15) is 13.2 Å². The van der Waals surface area contributed by atoms with Crippen molar-refractivity contribution in [2.75, 3.05) is 19.8 Å². The van der Waals surface area contributed by atoms with Crippen LogP contribution in [0.1, 0.15) is 40.0 Å². The average Bonchev–Trinajstić information content (AvgIpc) is 2.27. The van der Waals surface area contributed by atoms with Crippen molar-refractivity contribution >= 4 is 8.80 Å². The smallest absolute Gasteiger partial charge is 0.368 e. The molecule has 0 radical (unpaired) electrons. The summed E-state index contributed by atoms with van der Waals surface area (Å²) in [5, 5.41) is 0. The lowest BCUT2D eigenvalue weighted by Crippen LogP contribution is -2.59. The lowest BCUT2D eigenvalue weighted by molar-refractivity contribution is -0.135. The first-order chi connectivity index (χ1) is 7.93. The number of alkyl halides is 3. The minimum absolute atomic E-state index is 0.000833. The van der Waals surface area contributed by atoms with Gasteiger partial charge in [0.15, 0.2) is 0 Å². The molecule has 0 saturated heterocycles. The Labute approximate surface area is 102 Å². The summed E-state index contributed by atoms with van der Waals surface area (Å²) < 4.78 is 53.8. The molecule has 0 fully saturated rings. The van der Waals surface area contributed by atoms with Crippen LogP contribution in [-0.2, 0) is 13.3 Å². The van der Waals surface area contributed by atoms with E-state index in [0.717, 1.165) is 0 Å². The Bertz CT molecular complexity index is 178. The van der Waals surface area contributed by atoms with E-state index in [2.05, 4.69) is 0 Å². The van der Waals surface area contributed by atoms with E-state index in [1.165, 1.54) is 0 Å². The highest BCUT2D eigenvalue weighted by atomic mass is 28.4. The lowest BCUT2D eigenvalue weighted by Gasteiger charge is -2.30. The second-order valence-electron chi connectivity index (χ2n) is 3.60. The molecular formula is C10H21F3O3Si. The van der Waals surface area contributed by atoms with Crippen molar-refractivity contribution in [1.82, 2.24) is 0 Å². The van der Waals surface area contributed by atoms with Gasteiger partial charge < -0.3 is 13.3 Å². The Morgan fingerprint density at radius 2 is 1.06 bits per heavy atom. The number of rotatable bonds is 9. The molecule has 104 valence electrons. The SMILES string of the molecule is CCCO[Si](OCCC)(OCCC)C(F)(F)F. The molecule has 0 aromatic carbocycles. The highest BCUT2D eigenvalue weighted by Crippen LogP contribution is 2.32. The van der Waals surface area contributed by atoms with Gasteiger partial charge in [0.1, 0.15) is 0 Å². The molecule has 0 amide bonds. The molecule has 3 nitrogen and oxygen atoms in total. The minimum atomic E-state index is -4.56. The van der Waals surface area contributed by atoms with Gasteiger partial charge in [-0.1, -0.05) is 20.8 Å². The molecule has 0 N–H and O–H groups in total. The van der Waals surface area contributed by atoms with Crippen LogP contribution in [-0.4, -0.2) is 34.4 Å². The van der Waals surface area contributed by atoms with E-state index in [9.17, 15) is 13.2 Å². The zero-order chi connectivity index (χ0) is 13.4. The third-order valence-corrected chi connectivity index (χ3v) is 4.28. The number of hydrogen-bond acceptors (Lipinski definition) is 3. The third-order valence-electron chi connectivity index (χ3n) is 1.84. The van der Waals surface area contributed by atoms with Gasteiger partial charge in [0.25, 0.3) is 0 Å². The molecule has 0 aromatic heterocycles. The van der Waals surface area contributed by atoms with Crippen LogP contribution in [0.25, 0.3) is 0 Å². The Hall–Kier alpha value is -0.113. The van der Waals surface area contributed by atoms with Gasteiger partial charge in [0, 0.05) is 19.8 Å². The first-order valence-corrected chi connectivity index (χ1v) is 7.64. The van der Waals surface area contributed by atoms with E-state index in [-0.39, 0.29) is 19.8 Å². The van der Waals surface area contributed by atoms with Crippen molar-refractivity contribution in [2.24, 2.45) is 0 Å². The van der Waals surface area contributed by atoms with Crippen molar-refractivity contribution in [1.29, 1.82) is 0 Å². The monoisotopic (exact) mass is 274 g/mol. The van der Waals surface area contributed by atoms with Crippen molar-refractivity contribution in [2.45, 2.75) is 45.8 Å². The maximum atomic E-state index is 13.0. The van der Waals surface area contributed by atoms with E-state index < -0.39 is 14.6 Å². The molecule has 0 saturated carbocycles. The van der Waals surface area contributed by atoms with Gasteiger partial charge >= 0.3 is 14.6 Å². The fourth-order valence-electron chi connectivity index (χ4n) is 1.08. The summed E-state index contributed by atoms with van der Waals surface area (Å²) >= 11 is 0. The first kappa shape index (κ1) is 16.9. The molecule has 0 rings (SSSR count). The molecule has 17 heavy (non-hydrogen) atoms. The van der Waals surface area contributed by atoms with Gasteiger partial charge in [-0.05, 0) is 19.3 Å². The summed E-state index contributed by atoms with van der Waals surface area (Å²) in [6.45, 7) is 5.23. The Morgan fingerprint density at radius 3 is 1.24 bits per heavy atom. The summed E-state index contributed by atoms with van der Waals surface area (Å²) in [4.78, 5) is 0. The summed E-state index contributed by atoms with van der Waals surface area (Å²) in [6, 6.07) is 0. The minimum Gasteiger partial charge on any atom is -0.368 e. The van der Waals surface area contributed by atoms with Crippen LogP contribution in [0.15, 0.2) is 0 Å². The Balaban J connectivity index is 4.78. The van der Waals surface area contributed by atoms with Crippen molar-refractivity contribution in [3.05, 3.63) is 0 Å². The van der Waals surface area contributed by atoms with Gasteiger partial charge in [-0.25, -0.2) is 0 Å². The lowest BCUT2D eigenvalue weighted by atomic mass is 10.5. The second kappa shape index (κ2) is 8.07. The zero-order valence-corrected chi connectivity index (χ0v) is 11.6. The van der Waals surface area contributed by atoms with Gasteiger partial charge in [-0.15, -0.1) is 0 Å². The average molecular weight is 274 g/mol. The van der Waals surface area contributed by atoms with E-state index >= 15 is 0 Å². The predicted octanol–water partition coefficient (Wildman–Crippen LogP) is 3.31. The first-order valence-electron chi connectivity index (χ1n) is 5.92. The normalized spacial score (nSPS) is 13.1. The van der Waals surface area contributed by atoms with E-state index in [1.54, 1.807) is 20.8 Å². The molecule has 0 atom stereocenters. The second-order valence-corrected chi connectivity index (χ2v) is 6.14. The van der Waals surface area contributed by atoms with Gasteiger partial charge in [-0.3, -0.25) is 0 Å². The van der Waals surface area contributed by atoms with Crippen molar-refractivity contribution < 1.29 is 26.4 Å². The van der Waals surface area contributed by atoms with Crippen LogP contribution < -0.4 is 0 Å². The van der Waals surface area contributed by atoms with E-state index in [4.69, 9.17) is 13.3 Å². The maximum absolute atomic E-state index is 13.0. The summed E-state index contributed by atoms with van der Waals surface area (Å²) in [5.74, 6) is -4.56. The molecule has 0 bridgehead atoms. The standard InChI is InChI=1S/C10H21F3O3Si/c1-4-7-14-17(10(11,12)13,15-8-5-2)16-9-6-3/h4-9H2,1-3H3. The molecule has 7 heteroatoms. The Kier molecular flexibility index (Phi) is 8.02. The topological polar surface area (TPSA) is 27.7 Å². The molecule has 0 heterocycles. The third kappa shape index (κ3) is 5.37. The largest absolute Gasteiger partial charge is 0.616 e. The van der Waals surface area contributed by atoms with Gasteiger partial charge in [0.05, 0.1) is 0 Å². The van der Waals surface area contributed by atoms with Crippen LogP contribution in [0.3, 0.4) is 0 Å². The van der Waals surface area contributed by atoms with Crippen LogP contribution in [0.2, 0.25) is 0 Å². The molecular weight excluding hydrogens is 253 g/mol. The van der Waals surface area contributed by atoms with E-state index in [0.29, 0.717) is 19.3 Å². The summed E-state index contributed by atoms with van der Waals surface area (Å²) in [7, 11) is -4.56. The van der Waals surface area contributed by atoms with Crippen molar-refractivity contribution in [3.63, 3.8) is 0 Å². The highest BCUT2D eigenvalue weighted by molar-refractivity contribution is 6.62. The van der Waals surface area contributed by atoms with Crippen LogP contribution >= 0.6 is 0 Å². The molecule has 0 unspecified atom stereocenters. The maximum Gasteiger partial charge on any atom is 0.616 e. The fraction of sp³-hybridized carbons (Fsp3) is 1.00. The zero-order valence-electron chi connectivity index (χ0n) is 10.6. The van der Waals surface area contributed by atoms with Crippen LogP contribution in [0.4, 0.5) is 13.2 Å².